The first kappa shape index (κ1) is 17.1. The number of amides is 2. The number of aromatic hydroxyl groups is 1. The van der Waals surface area contributed by atoms with E-state index in [2.05, 4.69) is 5.32 Å². The minimum Gasteiger partial charge on any atom is -0.508 e. The van der Waals surface area contributed by atoms with E-state index in [0.717, 1.165) is 0 Å². The normalized spacial score (nSPS) is 21.7. The lowest BCUT2D eigenvalue weighted by molar-refractivity contribution is -0.144. The number of carboxylic acids is 1. The number of rotatable bonds is 6. The SMILES string of the molecule is O=CN1C(C(=O)NC(CO)C(=O)O)CSC1c1ccccc1O. The molecule has 9 heteroatoms. The Balaban J connectivity index is 2.16. The fourth-order valence-electron chi connectivity index (χ4n) is 2.26. The van der Waals surface area contributed by atoms with Crippen LogP contribution in [0.15, 0.2) is 24.3 Å². The highest BCUT2D eigenvalue weighted by molar-refractivity contribution is 7.99. The van der Waals surface area contributed by atoms with Gasteiger partial charge in [0, 0.05) is 11.3 Å². The second-order valence-corrected chi connectivity index (χ2v) is 6.01. The van der Waals surface area contributed by atoms with Crippen LogP contribution in [0.25, 0.3) is 0 Å². The molecule has 0 aromatic heterocycles. The number of carbonyl (C=O) groups is 3. The molecule has 1 aliphatic heterocycles. The maximum Gasteiger partial charge on any atom is 0.328 e. The molecule has 2 amide bonds. The van der Waals surface area contributed by atoms with Crippen molar-refractivity contribution in [3.8, 4) is 5.75 Å². The van der Waals surface area contributed by atoms with Gasteiger partial charge >= 0.3 is 5.97 Å². The predicted molar refractivity (Wildman–Crippen MR) is 81.6 cm³/mol. The molecule has 0 saturated carbocycles. The first-order valence-corrected chi connectivity index (χ1v) is 7.80. The minimum absolute atomic E-state index is 0.0108. The van der Waals surface area contributed by atoms with Crippen LogP contribution in [0.3, 0.4) is 0 Å². The summed E-state index contributed by atoms with van der Waals surface area (Å²) in [4.78, 5) is 35.7. The van der Waals surface area contributed by atoms with E-state index < -0.39 is 35.9 Å². The Kier molecular flexibility index (Phi) is 5.45. The number of carbonyl (C=O) groups excluding carboxylic acids is 2. The zero-order valence-corrected chi connectivity index (χ0v) is 12.8. The Hall–Kier alpha value is -2.26. The van der Waals surface area contributed by atoms with Gasteiger partial charge < -0.3 is 25.5 Å². The average molecular weight is 340 g/mol. The smallest absolute Gasteiger partial charge is 0.328 e. The van der Waals surface area contributed by atoms with Gasteiger partial charge in [-0.3, -0.25) is 9.59 Å². The maximum absolute atomic E-state index is 12.2. The van der Waals surface area contributed by atoms with Crippen molar-refractivity contribution in [3.05, 3.63) is 29.8 Å². The van der Waals surface area contributed by atoms with Crippen molar-refractivity contribution in [1.29, 1.82) is 0 Å². The molecule has 1 aliphatic rings. The zero-order chi connectivity index (χ0) is 17.0. The highest BCUT2D eigenvalue weighted by atomic mass is 32.2. The maximum atomic E-state index is 12.2. The number of carboxylic acid groups (broad SMARTS) is 1. The molecule has 1 aromatic rings. The molecular weight excluding hydrogens is 324 g/mol. The molecule has 0 bridgehead atoms. The topological polar surface area (TPSA) is 127 Å². The molecule has 23 heavy (non-hydrogen) atoms. The number of para-hydroxylation sites is 1. The summed E-state index contributed by atoms with van der Waals surface area (Å²) in [5.41, 5.74) is 0.497. The van der Waals surface area contributed by atoms with E-state index in [1.54, 1.807) is 18.2 Å². The van der Waals surface area contributed by atoms with Crippen LogP contribution in [0.5, 0.6) is 5.75 Å². The molecule has 0 radical (unpaired) electrons. The van der Waals surface area contributed by atoms with Gasteiger partial charge in [0.25, 0.3) is 0 Å². The molecule has 1 aromatic carbocycles. The van der Waals surface area contributed by atoms with Crippen molar-refractivity contribution in [2.45, 2.75) is 17.5 Å². The molecule has 1 heterocycles. The number of benzene rings is 1. The summed E-state index contributed by atoms with van der Waals surface area (Å²) in [5.74, 6) is -1.76. The van der Waals surface area contributed by atoms with Crippen molar-refractivity contribution < 1.29 is 29.7 Å². The largest absolute Gasteiger partial charge is 0.508 e. The highest BCUT2D eigenvalue weighted by Gasteiger charge is 2.40. The number of hydrogen-bond acceptors (Lipinski definition) is 6. The molecule has 3 unspecified atom stereocenters. The highest BCUT2D eigenvalue weighted by Crippen LogP contribution is 2.43. The van der Waals surface area contributed by atoms with E-state index in [9.17, 15) is 19.5 Å². The average Bonchev–Trinajstić information content (AvgIpc) is 2.96. The second kappa shape index (κ2) is 7.34. The van der Waals surface area contributed by atoms with Crippen molar-refractivity contribution in [1.82, 2.24) is 10.2 Å². The molecule has 0 spiro atoms. The number of nitrogens with zero attached hydrogens (tertiary/aromatic N) is 1. The van der Waals surface area contributed by atoms with Crippen LogP contribution in [0, 0.1) is 0 Å². The second-order valence-electron chi connectivity index (χ2n) is 4.89. The molecule has 3 atom stereocenters. The molecule has 8 nitrogen and oxygen atoms in total. The Bertz CT molecular complexity index is 611. The number of phenolic OH excluding ortho intramolecular Hbond substituents is 1. The van der Waals surface area contributed by atoms with E-state index >= 15 is 0 Å². The van der Waals surface area contributed by atoms with Gasteiger partial charge in [0.05, 0.1) is 6.61 Å². The van der Waals surface area contributed by atoms with E-state index in [-0.39, 0.29) is 11.5 Å². The lowest BCUT2D eigenvalue weighted by Gasteiger charge is -2.25. The Morgan fingerprint density at radius 2 is 2.13 bits per heavy atom. The zero-order valence-electron chi connectivity index (χ0n) is 12.0. The molecule has 1 fully saturated rings. The van der Waals surface area contributed by atoms with E-state index in [1.807, 2.05) is 0 Å². The number of hydrogen-bond donors (Lipinski definition) is 4. The van der Waals surface area contributed by atoms with Crippen LogP contribution >= 0.6 is 11.8 Å². The minimum atomic E-state index is -1.43. The van der Waals surface area contributed by atoms with Crippen molar-refractivity contribution in [2.75, 3.05) is 12.4 Å². The summed E-state index contributed by atoms with van der Waals surface area (Å²) in [6.07, 6.45) is 0.496. The van der Waals surface area contributed by atoms with Crippen LogP contribution in [0.2, 0.25) is 0 Å². The fraction of sp³-hybridized carbons (Fsp3) is 0.357. The number of aliphatic carboxylic acids is 1. The monoisotopic (exact) mass is 340 g/mol. The van der Waals surface area contributed by atoms with Gasteiger partial charge in [0.2, 0.25) is 12.3 Å². The molecule has 1 saturated heterocycles. The Labute approximate surface area is 136 Å². The lowest BCUT2D eigenvalue weighted by Crippen LogP contribution is -2.51. The third-order valence-electron chi connectivity index (χ3n) is 3.47. The summed E-state index contributed by atoms with van der Waals surface area (Å²) in [7, 11) is 0. The van der Waals surface area contributed by atoms with Gasteiger partial charge in [-0.15, -0.1) is 11.8 Å². The Morgan fingerprint density at radius 3 is 2.70 bits per heavy atom. The van der Waals surface area contributed by atoms with Gasteiger partial charge in [-0.2, -0.15) is 0 Å². The van der Waals surface area contributed by atoms with Crippen LogP contribution in [-0.2, 0) is 14.4 Å². The van der Waals surface area contributed by atoms with Gasteiger partial charge in [-0.25, -0.2) is 4.79 Å². The van der Waals surface area contributed by atoms with E-state index in [0.29, 0.717) is 12.0 Å². The molecule has 2 rings (SSSR count). The van der Waals surface area contributed by atoms with E-state index in [4.69, 9.17) is 10.2 Å². The Morgan fingerprint density at radius 1 is 1.43 bits per heavy atom. The quantitative estimate of drug-likeness (QED) is 0.515. The van der Waals surface area contributed by atoms with Crippen molar-refractivity contribution in [3.63, 3.8) is 0 Å². The fourth-order valence-corrected chi connectivity index (χ4v) is 3.69. The summed E-state index contributed by atoms with van der Waals surface area (Å²) in [5, 5.41) is 29.4. The van der Waals surface area contributed by atoms with Crippen molar-refractivity contribution in [2.24, 2.45) is 0 Å². The molecule has 0 aliphatic carbocycles. The number of aliphatic hydroxyl groups is 1. The summed E-state index contributed by atoms with van der Waals surface area (Å²) < 4.78 is 0. The van der Waals surface area contributed by atoms with E-state index in [1.165, 1.54) is 22.7 Å². The molecule has 4 N–H and O–H groups in total. The summed E-state index contributed by atoms with van der Waals surface area (Å²) in [6.45, 7) is -0.745. The van der Waals surface area contributed by atoms with Crippen LogP contribution in [-0.4, -0.2) is 62.9 Å². The van der Waals surface area contributed by atoms with Crippen LogP contribution < -0.4 is 5.32 Å². The standard InChI is InChI=1S/C14H16N2O6S/c17-5-9(14(21)22)15-12(20)10-6-23-13(16(10)7-18)8-3-1-2-4-11(8)19/h1-4,7,9-10,13,17,19H,5-6H2,(H,15,20)(H,21,22). The first-order chi connectivity index (χ1) is 11.0. The summed E-state index contributed by atoms with van der Waals surface area (Å²) in [6, 6.07) is 4.18. The van der Waals surface area contributed by atoms with Gasteiger partial charge in [-0.1, -0.05) is 18.2 Å². The van der Waals surface area contributed by atoms with Gasteiger partial charge in [0.15, 0.2) is 0 Å². The summed E-state index contributed by atoms with van der Waals surface area (Å²) >= 11 is 1.29. The van der Waals surface area contributed by atoms with Crippen LogP contribution in [0.1, 0.15) is 10.9 Å². The third-order valence-corrected chi connectivity index (χ3v) is 4.79. The third kappa shape index (κ3) is 3.57. The van der Waals surface area contributed by atoms with Gasteiger partial charge in [-0.05, 0) is 6.07 Å². The number of thioether (sulfide) groups is 1. The number of aliphatic hydroxyl groups excluding tert-OH is 1. The lowest BCUT2D eigenvalue weighted by atomic mass is 10.1. The van der Waals surface area contributed by atoms with Crippen molar-refractivity contribution >= 4 is 30.0 Å². The predicted octanol–water partition coefficient (Wildman–Crippen LogP) is -0.474. The number of phenols is 1. The first-order valence-electron chi connectivity index (χ1n) is 6.75. The molecular formula is C14H16N2O6S. The number of nitrogens with one attached hydrogen (secondary N) is 1. The van der Waals surface area contributed by atoms with Crippen LogP contribution in [0.4, 0.5) is 0 Å². The molecule has 124 valence electrons. The van der Waals surface area contributed by atoms with Gasteiger partial charge in [0.1, 0.15) is 23.2 Å².